The average Bonchev–Trinajstić information content (AvgIpc) is 3.31. The number of esters is 1. The van der Waals surface area contributed by atoms with E-state index in [1.54, 1.807) is 0 Å². The van der Waals surface area contributed by atoms with E-state index in [-0.39, 0.29) is 19.6 Å². The first-order chi connectivity index (χ1) is 31.9. The Morgan fingerprint density at radius 3 is 1.32 bits per heavy atom. The lowest BCUT2D eigenvalue weighted by Crippen LogP contribution is -2.59. The molecule has 1 aliphatic rings. The number of carbonyl (C=O) groups excluding carboxylic acids is 1. The van der Waals surface area contributed by atoms with E-state index < -0.39 is 49.4 Å². The molecule has 0 aromatic rings. The van der Waals surface area contributed by atoms with Crippen LogP contribution in [0.25, 0.3) is 0 Å². The molecule has 1 aliphatic heterocycles. The fraction of sp³-hybridized carbons (Fsp3) is 0.768. The van der Waals surface area contributed by atoms with Gasteiger partial charge in [0.2, 0.25) is 0 Å². The molecule has 1 fully saturated rings. The smallest absolute Gasteiger partial charge is 0.306 e. The van der Waals surface area contributed by atoms with Gasteiger partial charge in [-0.1, -0.05) is 228 Å². The molecule has 0 aromatic heterocycles. The summed E-state index contributed by atoms with van der Waals surface area (Å²) in [5.41, 5.74) is 0. The number of hydrogen-bond donors (Lipinski definition) is 4. The van der Waals surface area contributed by atoms with Crippen molar-refractivity contribution in [3.05, 3.63) is 72.9 Å². The van der Waals surface area contributed by atoms with Crippen LogP contribution in [0.1, 0.15) is 213 Å². The van der Waals surface area contributed by atoms with Crippen molar-refractivity contribution in [3.63, 3.8) is 0 Å². The zero-order valence-electron chi connectivity index (χ0n) is 41.5. The number of carbonyl (C=O) groups is 1. The number of ether oxygens (including phenoxy) is 4. The van der Waals surface area contributed by atoms with Gasteiger partial charge in [-0.3, -0.25) is 4.79 Å². The summed E-state index contributed by atoms with van der Waals surface area (Å²) < 4.78 is 22.8. The molecule has 6 atom stereocenters. The molecule has 0 amide bonds. The topological polar surface area (TPSA) is 135 Å². The molecule has 0 aliphatic carbocycles. The Kier molecular flexibility index (Phi) is 43.6. The highest BCUT2D eigenvalue weighted by Crippen LogP contribution is 2.23. The Hall–Kier alpha value is -2.37. The van der Waals surface area contributed by atoms with E-state index in [1.165, 1.54) is 135 Å². The number of hydrogen-bond acceptors (Lipinski definition) is 9. The van der Waals surface area contributed by atoms with Crippen LogP contribution in [0.15, 0.2) is 72.9 Å². The third-order valence-electron chi connectivity index (χ3n) is 11.9. The Bertz CT molecular complexity index is 1220. The van der Waals surface area contributed by atoms with Crippen LogP contribution >= 0.6 is 0 Å². The summed E-state index contributed by atoms with van der Waals surface area (Å²) in [5, 5.41) is 40.2. The molecule has 9 heteroatoms. The van der Waals surface area contributed by atoms with Gasteiger partial charge in [0.25, 0.3) is 0 Å². The molecule has 1 saturated heterocycles. The molecule has 0 saturated carbocycles. The molecular formula is C56H98O9. The highest BCUT2D eigenvalue weighted by molar-refractivity contribution is 5.69. The van der Waals surface area contributed by atoms with Crippen molar-refractivity contribution in [3.8, 4) is 0 Å². The number of aliphatic hydroxyl groups excluding tert-OH is 4. The van der Waals surface area contributed by atoms with Crippen LogP contribution in [0.2, 0.25) is 0 Å². The highest BCUT2D eigenvalue weighted by atomic mass is 16.7. The van der Waals surface area contributed by atoms with Crippen molar-refractivity contribution >= 4 is 5.97 Å². The Morgan fingerprint density at radius 1 is 0.508 bits per heavy atom. The summed E-state index contributed by atoms with van der Waals surface area (Å²) in [6.07, 6.45) is 55.3. The van der Waals surface area contributed by atoms with E-state index in [1.807, 2.05) is 12.2 Å². The van der Waals surface area contributed by atoms with Gasteiger partial charge < -0.3 is 39.4 Å². The Labute approximate surface area is 397 Å². The van der Waals surface area contributed by atoms with E-state index in [4.69, 9.17) is 18.9 Å². The van der Waals surface area contributed by atoms with E-state index in [9.17, 15) is 25.2 Å². The average molecular weight is 915 g/mol. The number of aliphatic hydroxyl groups is 4. The molecule has 4 N–H and O–H groups in total. The largest absolute Gasteiger partial charge is 0.457 e. The second kappa shape index (κ2) is 46.7. The van der Waals surface area contributed by atoms with E-state index in [0.29, 0.717) is 13.0 Å². The normalized spacial score (nSPS) is 20.0. The summed E-state index contributed by atoms with van der Waals surface area (Å²) >= 11 is 0. The van der Waals surface area contributed by atoms with Crippen LogP contribution < -0.4 is 0 Å². The van der Waals surface area contributed by atoms with Crippen molar-refractivity contribution in [2.24, 2.45) is 0 Å². The first-order valence-corrected chi connectivity index (χ1v) is 26.5. The van der Waals surface area contributed by atoms with Crippen LogP contribution in [0.5, 0.6) is 0 Å². The second-order valence-corrected chi connectivity index (χ2v) is 17.9. The molecule has 0 bridgehead atoms. The molecular weight excluding hydrogens is 817 g/mol. The first kappa shape index (κ1) is 60.6. The molecule has 376 valence electrons. The molecule has 1 heterocycles. The van der Waals surface area contributed by atoms with Crippen LogP contribution in [0, 0.1) is 0 Å². The molecule has 0 aromatic carbocycles. The highest BCUT2D eigenvalue weighted by Gasteiger charge is 2.44. The van der Waals surface area contributed by atoms with Crippen LogP contribution in [-0.2, 0) is 23.7 Å². The molecule has 65 heavy (non-hydrogen) atoms. The minimum atomic E-state index is -1.55. The fourth-order valence-corrected chi connectivity index (χ4v) is 7.81. The van der Waals surface area contributed by atoms with Crippen molar-refractivity contribution in [1.29, 1.82) is 0 Å². The van der Waals surface area contributed by atoms with Crippen molar-refractivity contribution in [2.45, 2.75) is 250 Å². The van der Waals surface area contributed by atoms with Crippen molar-refractivity contribution < 1.29 is 44.2 Å². The van der Waals surface area contributed by atoms with Gasteiger partial charge in [0.05, 0.1) is 19.8 Å². The maximum atomic E-state index is 12.8. The number of rotatable bonds is 45. The molecule has 9 nitrogen and oxygen atoms in total. The lowest BCUT2D eigenvalue weighted by Gasteiger charge is -2.39. The predicted molar refractivity (Wildman–Crippen MR) is 270 cm³/mol. The zero-order valence-corrected chi connectivity index (χ0v) is 41.5. The summed E-state index contributed by atoms with van der Waals surface area (Å²) in [4.78, 5) is 12.8. The summed E-state index contributed by atoms with van der Waals surface area (Å²) in [5.74, 6) is -0.393. The van der Waals surface area contributed by atoms with Gasteiger partial charge in [-0.25, -0.2) is 0 Å². The quantitative estimate of drug-likeness (QED) is 0.0267. The van der Waals surface area contributed by atoms with Crippen molar-refractivity contribution in [2.75, 3.05) is 26.4 Å². The van der Waals surface area contributed by atoms with Crippen molar-refractivity contribution in [1.82, 2.24) is 0 Å². The van der Waals surface area contributed by atoms with E-state index in [0.717, 1.165) is 51.4 Å². The van der Waals surface area contributed by atoms with Gasteiger partial charge in [0, 0.05) is 13.0 Å². The number of allylic oxidation sites excluding steroid dienone is 12. The molecule has 1 rings (SSSR count). The zero-order chi connectivity index (χ0) is 47.1. The van der Waals surface area contributed by atoms with Gasteiger partial charge in [-0.05, 0) is 51.4 Å². The first-order valence-electron chi connectivity index (χ1n) is 26.5. The Morgan fingerprint density at radius 2 is 0.908 bits per heavy atom. The predicted octanol–water partition coefficient (Wildman–Crippen LogP) is 13.2. The summed E-state index contributed by atoms with van der Waals surface area (Å²) in [7, 11) is 0. The monoisotopic (exact) mass is 915 g/mol. The molecule has 0 spiro atoms. The van der Waals surface area contributed by atoms with Gasteiger partial charge in [0.15, 0.2) is 6.29 Å². The molecule has 6 unspecified atom stereocenters. The lowest BCUT2D eigenvalue weighted by atomic mass is 9.99. The maximum Gasteiger partial charge on any atom is 0.306 e. The second-order valence-electron chi connectivity index (χ2n) is 17.9. The van der Waals surface area contributed by atoms with Gasteiger partial charge in [0.1, 0.15) is 30.5 Å². The fourth-order valence-electron chi connectivity index (χ4n) is 7.81. The van der Waals surface area contributed by atoms with Crippen LogP contribution in [0.3, 0.4) is 0 Å². The summed E-state index contributed by atoms with van der Waals surface area (Å²) in [6, 6.07) is 0. The van der Waals surface area contributed by atoms with Gasteiger partial charge >= 0.3 is 5.97 Å². The maximum absolute atomic E-state index is 12.8. The lowest BCUT2D eigenvalue weighted by molar-refractivity contribution is -0.305. The summed E-state index contributed by atoms with van der Waals surface area (Å²) in [6.45, 7) is 4.38. The Balaban J connectivity index is 2.23. The third kappa shape index (κ3) is 37.3. The minimum absolute atomic E-state index is 0.113. The third-order valence-corrected chi connectivity index (χ3v) is 11.9. The number of unbranched alkanes of at least 4 members (excludes halogenated alkanes) is 22. The molecule has 0 radical (unpaired) electrons. The van der Waals surface area contributed by atoms with Crippen LogP contribution in [0.4, 0.5) is 0 Å². The van der Waals surface area contributed by atoms with E-state index in [2.05, 4.69) is 74.6 Å². The van der Waals surface area contributed by atoms with Gasteiger partial charge in [-0.15, -0.1) is 0 Å². The minimum Gasteiger partial charge on any atom is -0.457 e. The standard InChI is InChI=1S/C56H98O9/c1-3-5-7-9-11-13-15-17-19-21-23-24-25-26-28-30-32-34-36-38-40-42-44-46-62-48-50(49-63-56-55(61)54(60)53(59)51(47-57)65-56)64-52(58)45-43-41-39-37-35-33-31-29-27-22-20-18-16-14-12-10-8-6-4-2/h6,8,12,14,18,20,27,29,33,35,39,41,50-51,53-57,59-61H,3-5,7,9-11,13,15-17,19,21-26,28,30-32,34,36-38,40,42-49H2,1-2H3/b8-6-,14-12-,20-18-,29-27-,35-33-,41-39-. The van der Waals surface area contributed by atoms with Crippen LogP contribution in [-0.4, -0.2) is 89.6 Å². The van der Waals surface area contributed by atoms with Gasteiger partial charge in [-0.2, -0.15) is 0 Å². The van der Waals surface area contributed by atoms with E-state index >= 15 is 0 Å². The SMILES string of the molecule is CC/C=C\C/C=C\C/C=C\C/C=C\C/C=C\C/C=C\CCC(=O)OC(COCCCCCCCCCCCCCCCCCCCCCCCCC)COC1OC(CO)C(O)C(O)C1O.